The van der Waals surface area contributed by atoms with Crippen molar-refractivity contribution in [2.45, 2.75) is 32.7 Å². The van der Waals surface area contributed by atoms with Gasteiger partial charge in [0.15, 0.2) is 17.5 Å². The van der Waals surface area contributed by atoms with Crippen molar-refractivity contribution in [2.24, 2.45) is 4.99 Å². The van der Waals surface area contributed by atoms with Crippen LogP contribution in [0.3, 0.4) is 0 Å². The molecule has 0 aromatic heterocycles. The Morgan fingerprint density at radius 1 is 1.33 bits per heavy atom. The topological polar surface area (TPSA) is 92.3 Å². The summed E-state index contributed by atoms with van der Waals surface area (Å²) in [6.07, 6.45) is 2.95. The van der Waals surface area contributed by atoms with E-state index < -0.39 is 10.0 Å². The Labute approximate surface area is 162 Å². The fraction of sp³-hybridized carbons (Fsp3) is 0.611. The number of hydrogen-bond acceptors (Lipinski definition) is 5. The second kappa shape index (κ2) is 9.80. The van der Waals surface area contributed by atoms with Crippen molar-refractivity contribution < 1.29 is 17.9 Å². The molecule has 0 spiro atoms. The Balaban J connectivity index is 2.12. The van der Waals surface area contributed by atoms with Crippen LogP contribution in [-0.4, -0.2) is 64.3 Å². The predicted octanol–water partition coefficient (Wildman–Crippen LogP) is 1.90. The summed E-state index contributed by atoms with van der Waals surface area (Å²) in [6, 6.07) is 5.48. The van der Waals surface area contributed by atoms with Gasteiger partial charge in [0, 0.05) is 30.9 Å². The van der Waals surface area contributed by atoms with E-state index in [1.165, 1.54) is 6.26 Å². The standard InChI is InChI=1S/C18H30N4O4S/c1-5-19-18(20-13-15-8-7-11-22(15)27(4,23)24)21-14-9-10-16(26-6-2)17(12-14)25-3/h9-10,12,15H,5-8,11,13H2,1-4H3,(H2,19,20,21)/t15-/m1/s1. The Kier molecular flexibility index (Phi) is 7.73. The van der Waals surface area contributed by atoms with Crippen LogP contribution in [0.5, 0.6) is 11.5 Å². The summed E-state index contributed by atoms with van der Waals surface area (Å²) in [5, 5.41) is 6.42. The number of ether oxygens (including phenoxy) is 2. The molecule has 1 heterocycles. The van der Waals surface area contributed by atoms with Gasteiger partial charge in [0.05, 0.1) is 26.5 Å². The quantitative estimate of drug-likeness (QED) is 0.513. The molecule has 152 valence electrons. The van der Waals surface area contributed by atoms with Crippen LogP contribution >= 0.6 is 0 Å². The number of guanidine groups is 1. The van der Waals surface area contributed by atoms with Gasteiger partial charge in [-0.05, 0) is 38.8 Å². The molecule has 9 heteroatoms. The first-order valence-electron chi connectivity index (χ1n) is 9.22. The van der Waals surface area contributed by atoms with Crippen molar-refractivity contribution in [1.82, 2.24) is 9.62 Å². The van der Waals surface area contributed by atoms with E-state index in [0.717, 1.165) is 18.5 Å². The monoisotopic (exact) mass is 398 g/mol. The van der Waals surface area contributed by atoms with Gasteiger partial charge in [-0.1, -0.05) is 0 Å². The molecule has 0 amide bonds. The third kappa shape index (κ3) is 6.00. The van der Waals surface area contributed by atoms with E-state index in [1.54, 1.807) is 11.4 Å². The lowest BCUT2D eigenvalue weighted by atomic mass is 10.2. The number of nitrogens with zero attached hydrogens (tertiary/aromatic N) is 2. The molecule has 1 atom stereocenters. The molecule has 1 aromatic rings. The maximum absolute atomic E-state index is 11.9. The predicted molar refractivity (Wildman–Crippen MR) is 108 cm³/mol. The van der Waals surface area contributed by atoms with Gasteiger partial charge >= 0.3 is 0 Å². The number of rotatable bonds is 8. The van der Waals surface area contributed by atoms with E-state index in [2.05, 4.69) is 15.6 Å². The van der Waals surface area contributed by atoms with Gasteiger partial charge in [-0.3, -0.25) is 4.99 Å². The van der Waals surface area contributed by atoms with Crippen molar-refractivity contribution in [1.29, 1.82) is 0 Å². The number of aliphatic imine (C=N–C) groups is 1. The molecule has 0 unspecified atom stereocenters. The Morgan fingerprint density at radius 2 is 2.11 bits per heavy atom. The highest BCUT2D eigenvalue weighted by molar-refractivity contribution is 7.88. The molecule has 1 aliphatic heterocycles. The summed E-state index contributed by atoms with van der Waals surface area (Å²) in [5.41, 5.74) is 0.807. The van der Waals surface area contributed by atoms with Crippen molar-refractivity contribution in [2.75, 3.05) is 44.9 Å². The van der Waals surface area contributed by atoms with Gasteiger partial charge in [-0.15, -0.1) is 0 Å². The maximum atomic E-state index is 11.9. The summed E-state index contributed by atoms with van der Waals surface area (Å²) in [4.78, 5) is 4.59. The maximum Gasteiger partial charge on any atom is 0.211 e. The Bertz CT molecular complexity index is 752. The highest BCUT2D eigenvalue weighted by Gasteiger charge is 2.31. The van der Waals surface area contributed by atoms with Crippen molar-refractivity contribution in [3.05, 3.63) is 18.2 Å². The van der Waals surface area contributed by atoms with Gasteiger partial charge in [0.1, 0.15) is 0 Å². The lowest BCUT2D eigenvalue weighted by molar-refractivity contribution is 0.311. The number of sulfonamides is 1. The SMILES string of the molecule is CCNC(=NC[C@H]1CCCN1S(C)(=O)=O)Nc1ccc(OCC)c(OC)c1. The number of methoxy groups -OCH3 is 1. The molecule has 2 rings (SSSR count). The fourth-order valence-electron chi connectivity index (χ4n) is 3.09. The van der Waals surface area contributed by atoms with Gasteiger partial charge in [-0.25, -0.2) is 8.42 Å². The van der Waals surface area contributed by atoms with Crippen LogP contribution in [0.1, 0.15) is 26.7 Å². The lowest BCUT2D eigenvalue weighted by Gasteiger charge is -2.21. The zero-order valence-corrected chi connectivity index (χ0v) is 17.3. The first kappa shape index (κ1) is 21.3. The van der Waals surface area contributed by atoms with Crippen LogP contribution in [0.15, 0.2) is 23.2 Å². The first-order chi connectivity index (χ1) is 12.9. The van der Waals surface area contributed by atoms with Crippen LogP contribution in [0.4, 0.5) is 5.69 Å². The summed E-state index contributed by atoms with van der Waals surface area (Å²) in [5.74, 6) is 1.92. The van der Waals surface area contributed by atoms with E-state index in [1.807, 2.05) is 32.0 Å². The van der Waals surface area contributed by atoms with Gasteiger partial charge in [0.25, 0.3) is 0 Å². The van der Waals surface area contributed by atoms with Crippen LogP contribution < -0.4 is 20.1 Å². The van der Waals surface area contributed by atoms with Gasteiger partial charge < -0.3 is 20.1 Å². The van der Waals surface area contributed by atoms with Crippen LogP contribution in [-0.2, 0) is 10.0 Å². The molecule has 0 saturated carbocycles. The van der Waals surface area contributed by atoms with Crippen LogP contribution in [0.25, 0.3) is 0 Å². The zero-order chi connectivity index (χ0) is 19.9. The number of hydrogen-bond donors (Lipinski definition) is 2. The summed E-state index contributed by atoms with van der Waals surface area (Å²) in [6.45, 7) is 6.14. The second-order valence-electron chi connectivity index (χ2n) is 6.31. The molecule has 27 heavy (non-hydrogen) atoms. The largest absolute Gasteiger partial charge is 0.493 e. The molecule has 2 N–H and O–H groups in total. The molecular formula is C18H30N4O4S. The lowest BCUT2D eigenvalue weighted by Crippen LogP contribution is -2.38. The summed E-state index contributed by atoms with van der Waals surface area (Å²) < 4.78 is 36.2. The Hall–Kier alpha value is -2.00. The van der Waals surface area contributed by atoms with E-state index in [9.17, 15) is 8.42 Å². The molecule has 1 aliphatic rings. The fourth-order valence-corrected chi connectivity index (χ4v) is 4.26. The number of nitrogens with one attached hydrogen (secondary N) is 2. The van der Waals surface area contributed by atoms with E-state index in [0.29, 0.717) is 43.7 Å². The van der Waals surface area contributed by atoms with Crippen LogP contribution in [0.2, 0.25) is 0 Å². The summed E-state index contributed by atoms with van der Waals surface area (Å²) >= 11 is 0. The minimum absolute atomic E-state index is 0.0923. The van der Waals surface area contributed by atoms with E-state index in [4.69, 9.17) is 9.47 Å². The molecule has 1 saturated heterocycles. The smallest absolute Gasteiger partial charge is 0.211 e. The Morgan fingerprint density at radius 3 is 2.74 bits per heavy atom. The zero-order valence-electron chi connectivity index (χ0n) is 16.5. The van der Waals surface area contributed by atoms with Gasteiger partial charge in [-0.2, -0.15) is 4.31 Å². The van der Waals surface area contributed by atoms with Gasteiger partial charge in [0.2, 0.25) is 10.0 Å². The minimum atomic E-state index is -3.20. The highest BCUT2D eigenvalue weighted by atomic mass is 32.2. The summed E-state index contributed by atoms with van der Waals surface area (Å²) in [7, 11) is -1.60. The molecule has 0 radical (unpaired) electrons. The van der Waals surface area contributed by atoms with E-state index in [-0.39, 0.29) is 6.04 Å². The first-order valence-corrected chi connectivity index (χ1v) is 11.1. The normalized spacial score (nSPS) is 18.4. The molecule has 0 aliphatic carbocycles. The molecular weight excluding hydrogens is 368 g/mol. The molecule has 1 fully saturated rings. The minimum Gasteiger partial charge on any atom is -0.493 e. The van der Waals surface area contributed by atoms with Crippen LogP contribution in [0, 0.1) is 0 Å². The van der Waals surface area contributed by atoms with Crippen molar-refractivity contribution in [3.8, 4) is 11.5 Å². The average molecular weight is 399 g/mol. The van der Waals surface area contributed by atoms with E-state index >= 15 is 0 Å². The third-order valence-corrected chi connectivity index (χ3v) is 5.61. The molecule has 0 bridgehead atoms. The van der Waals surface area contributed by atoms with Crippen molar-refractivity contribution in [3.63, 3.8) is 0 Å². The average Bonchev–Trinajstić information content (AvgIpc) is 3.10. The van der Waals surface area contributed by atoms with Crippen molar-refractivity contribution >= 4 is 21.7 Å². The molecule has 1 aromatic carbocycles. The second-order valence-corrected chi connectivity index (χ2v) is 8.25. The highest BCUT2D eigenvalue weighted by Crippen LogP contribution is 2.30. The molecule has 8 nitrogen and oxygen atoms in total. The third-order valence-electron chi connectivity index (χ3n) is 4.28. The number of benzene rings is 1. The number of anilines is 1.